The number of rotatable bonds is 2. The summed E-state index contributed by atoms with van der Waals surface area (Å²) < 4.78 is 18.3. The lowest BCUT2D eigenvalue weighted by molar-refractivity contribution is 0.376. The van der Waals surface area contributed by atoms with E-state index < -0.39 is 11.5 Å². The Labute approximate surface area is 100 Å². The van der Waals surface area contributed by atoms with Gasteiger partial charge in [0.25, 0.3) is 0 Å². The number of aromatic nitrogens is 3. The zero-order chi connectivity index (χ0) is 12.4. The largest absolute Gasteiger partial charge is 0.467 e. The molecule has 2 aromatic rings. The van der Waals surface area contributed by atoms with Gasteiger partial charge in [0.2, 0.25) is 0 Å². The highest BCUT2D eigenvalue weighted by Gasteiger charge is 2.10. The second kappa shape index (κ2) is 4.50. The van der Waals surface area contributed by atoms with Crippen molar-refractivity contribution in [2.75, 3.05) is 7.11 Å². The zero-order valence-electron chi connectivity index (χ0n) is 8.70. The molecular formula is C10H7ClFN3O2. The summed E-state index contributed by atoms with van der Waals surface area (Å²) in [5.74, 6) is -0.551. The molecule has 0 saturated heterocycles. The molecule has 1 aromatic heterocycles. The van der Waals surface area contributed by atoms with Crippen molar-refractivity contribution in [2.45, 2.75) is 0 Å². The van der Waals surface area contributed by atoms with Crippen LogP contribution in [-0.2, 0) is 0 Å². The van der Waals surface area contributed by atoms with E-state index in [1.165, 1.54) is 19.2 Å². The summed E-state index contributed by atoms with van der Waals surface area (Å²) in [5.41, 5.74) is -0.548. The van der Waals surface area contributed by atoms with Crippen molar-refractivity contribution in [1.29, 1.82) is 0 Å². The number of ether oxygens (including phenoxy) is 1. The molecule has 0 aliphatic carbocycles. The fourth-order valence-electron chi connectivity index (χ4n) is 1.27. The number of nitrogens with one attached hydrogen (secondary N) is 1. The first-order chi connectivity index (χ1) is 8.10. The van der Waals surface area contributed by atoms with E-state index in [0.717, 1.165) is 6.07 Å². The van der Waals surface area contributed by atoms with Crippen LogP contribution in [0.2, 0.25) is 5.02 Å². The van der Waals surface area contributed by atoms with Gasteiger partial charge in [-0.25, -0.2) is 9.18 Å². The SMILES string of the molecule is COc1nc(-c2ccc(Cl)cc2F)[nH]c(=O)n1. The Morgan fingerprint density at radius 1 is 1.41 bits per heavy atom. The molecule has 0 aliphatic rings. The number of methoxy groups -OCH3 is 1. The first-order valence-electron chi connectivity index (χ1n) is 4.58. The Bertz CT molecular complexity index is 615. The molecular weight excluding hydrogens is 249 g/mol. The third-order valence-corrected chi connectivity index (χ3v) is 2.23. The normalized spacial score (nSPS) is 10.3. The maximum atomic E-state index is 13.6. The highest BCUT2D eigenvalue weighted by Crippen LogP contribution is 2.22. The predicted molar refractivity (Wildman–Crippen MR) is 59.6 cm³/mol. The van der Waals surface area contributed by atoms with Gasteiger partial charge in [0, 0.05) is 5.02 Å². The average molecular weight is 256 g/mol. The summed E-state index contributed by atoms with van der Waals surface area (Å²) in [4.78, 5) is 20.8. The van der Waals surface area contributed by atoms with Crippen molar-refractivity contribution >= 4 is 11.6 Å². The number of hydrogen-bond acceptors (Lipinski definition) is 4. The van der Waals surface area contributed by atoms with E-state index in [9.17, 15) is 9.18 Å². The van der Waals surface area contributed by atoms with E-state index in [1.807, 2.05) is 0 Å². The lowest BCUT2D eigenvalue weighted by Gasteiger charge is -2.03. The van der Waals surface area contributed by atoms with Gasteiger partial charge in [0.15, 0.2) is 0 Å². The molecule has 7 heteroatoms. The number of hydrogen-bond donors (Lipinski definition) is 1. The molecule has 0 fully saturated rings. The van der Waals surface area contributed by atoms with Gasteiger partial charge in [-0.05, 0) is 18.2 Å². The van der Waals surface area contributed by atoms with Gasteiger partial charge >= 0.3 is 11.7 Å². The minimum Gasteiger partial charge on any atom is -0.467 e. The van der Waals surface area contributed by atoms with E-state index in [4.69, 9.17) is 16.3 Å². The minimum atomic E-state index is -0.666. The molecule has 88 valence electrons. The van der Waals surface area contributed by atoms with E-state index >= 15 is 0 Å². The van der Waals surface area contributed by atoms with Crippen LogP contribution in [-0.4, -0.2) is 22.1 Å². The first-order valence-corrected chi connectivity index (χ1v) is 4.95. The lowest BCUT2D eigenvalue weighted by Crippen LogP contribution is -2.14. The molecule has 2 rings (SSSR count). The monoisotopic (exact) mass is 255 g/mol. The van der Waals surface area contributed by atoms with Crippen molar-refractivity contribution in [1.82, 2.24) is 15.0 Å². The van der Waals surface area contributed by atoms with Crippen molar-refractivity contribution in [3.63, 3.8) is 0 Å². The average Bonchev–Trinajstić information content (AvgIpc) is 2.28. The highest BCUT2D eigenvalue weighted by molar-refractivity contribution is 6.30. The minimum absolute atomic E-state index is 0.0380. The van der Waals surface area contributed by atoms with Gasteiger partial charge in [0.1, 0.15) is 11.6 Å². The quantitative estimate of drug-likeness (QED) is 0.886. The second-order valence-corrected chi connectivity index (χ2v) is 3.55. The highest BCUT2D eigenvalue weighted by atomic mass is 35.5. The molecule has 0 bridgehead atoms. The topological polar surface area (TPSA) is 67.9 Å². The predicted octanol–water partition coefficient (Wildman–Crippen LogP) is 1.63. The van der Waals surface area contributed by atoms with Gasteiger partial charge in [0.05, 0.1) is 12.7 Å². The van der Waals surface area contributed by atoms with Gasteiger partial charge in [-0.3, -0.25) is 4.98 Å². The van der Waals surface area contributed by atoms with E-state index in [-0.39, 0.29) is 22.4 Å². The number of halogens is 2. The standard InChI is InChI=1S/C10H7ClFN3O2/c1-17-10-14-8(13-9(16)15-10)6-3-2-5(11)4-7(6)12/h2-4H,1H3,(H,13,14,15,16). The molecule has 0 saturated carbocycles. The Hall–Kier alpha value is -1.95. The smallest absolute Gasteiger partial charge is 0.351 e. The second-order valence-electron chi connectivity index (χ2n) is 3.11. The fraction of sp³-hybridized carbons (Fsp3) is 0.100. The van der Waals surface area contributed by atoms with E-state index in [0.29, 0.717) is 0 Å². The van der Waals surface area contributed by atoms with Crippen LogP contribution in [0.4, 0.5) is 4.39 Å². The van der Waals surface area contributed by atoms with Crippen molar-refractivity contribution < 1.29 is 9.13 Å². The fourth-order valence-corrected chi connectivity index (χ4v) is 1.42. The van der Waals surface area contributed by atoms with Crippen LogP contribution in [0.3, 0.4) is 0 Å². The van der Waals surface area contributed by atoms with Gasteiger partial charge in [-0.2, -0.15) is 4.98 Å². The van der Waals surface area contributed by atoms with Crippen molar-refractivity contribution in [3.8, 4) is 17.4 Å². The third-order valence-electron chi connectivity index (χ3n) is 2.00. The van der Waals surface area contributed by atoms with E-state index in [1.54, 1.807) is 0 Å². The number of aromatic amines is 1. The molecule has 1 heterocycles. The Balaban J connectivity index is 2.60. The summed E-state index contributed by atoms with van der Waals surface area (Å²) in [6, 6.07) is 3.91. The van der Waals surface area contributed by atoms with Gasteiger partial charge in [-0.1, -0.05) is 11.6 Å². The zero-order valence-corrected chi connectivity index (χ0v) is 9.45. The van der Waals surface area contributed by atoms with Crippen LogP contribution in [0.25, 0.3) is 11.4 Å². The molecule has 0 aliphatic heterocycles. The van der Waals surface area contributed by atoms with Crippen molar-refractivity contribution in [2.24, 2.45) is 0 Å². The molecule has 17 heavy (non-hydrogen) atoms. The van der Waals surface area contributed by atoms with Crippen LogP contribution in [0.1, 0.15) is 0 Å². The molecule has 0 amide bonds. The number of nitrogens with zero attached hydrogens (tertiary/aromatic N) is 2. The van der Waals surface area contributed by atoms with Crippen LogP contribution in [0.15, 0.2) is 23.0 Å². The maximum Gasteiger partial charge on any atom is 0.351 e. The Kier molecular flexibility index (Phi) is 3.06. The van der Waals surface area contributed by atoms with Crippen molar-refractivity contribution in [3.05, 3.63) is 39.5 Å². The molecule has 1 aromatic carbocycles. The first kappa shape index (κ1) is 11.5. The lowest BCUT2D eigenvalue weighted by atomic mass is 10.2. The maximum absolute atomic E-state index is 13.6. The summed E-state index contributed by atoms with van der Waals surface area (Å²) in [7, 11) is 1.32. The van der Waals surface area contributed by atoms with Crippen LogP contribution < -0.4 is 10.4 Å². The molecule has 0 atom stereocenters. The molecule has 0 unspecified atom stereocenters. The van der Waals surface area contributed by atoms with E-state index in [2.05, 4.69) is 15.0 Å². The molecule has 0 spiro atoms. The summed E-state index contributed by atoms with van der Waals surface area (Å²) in [5, 5.41) is 0.259. The Morgan fingerprint density at radius 3 is 2.82 bits per heavy atom. The number of H-pyrrole nitrogens is 1. The van der Waals surface area contributed by atoms with Gasteiger partial charge < -0.3 is 4.74 Å². The number of benzene rings is 1. The summed E-state index contributed by atoms with van der Waals surface area (Å²) >= 11 is 5.62. The van der Waals surface area contributed by atoms with Crippen LogP contribution >= 0.6 is 11.6 Å². The molecule has 5 nitrogen and oxygen atoms in total. The third kappa shape index (κ3) is 2.42. The van der Waals surface area contributed by atoms with Crippen LogP contribution in [0.5, 0.6) is 6.01 Å². The molecule has 0 radical (unpaired) electrons. The Morgan fingerprint density at radius 2 is 2.18 bits per heavy atom. The summed E-state index contributed by atoms with van der Waals surface area (Å²) in [6.07, 6.45) is 0. The summed E-state index contributed by atoms with van der Waals surface area (Å²) in [6.45, 7) is 0. The van der Waals surface area contributed by atoms with Crippen LogP contribution in [0, 0.1) is 5.82 Å². The molecule has 1 N–H and O–H groups in total. The van der Waals surface area contributed by atoms with Gasteiger partial charge in [-0.15, -0.1) is 4.98 Å².